The molecule has 1 heterocycles. The topological polar surface area (TPSA) is 86.6 Å². The molecule has 0 radical (unpaired) electrons. The number of carboxylic acids is 1. The van der Waals surface area contributed by atoms with Gasteiger partial charge in [0.05, 0.1) is 9.13 Å². The van der Waals surface area contributed by atoms with Crippen molar-refractivity contribution in [3.63, 3.8) is 0 Å². The summed E-state index contributed by atoms with van der Waals surface area (Å²) in [6.07, 6.45) is 0. The Kier molecular flexibility index (Phi) is 4.05. The largest absolute Gasteiger partial charge is 0.507 e. The lowest BCUT2D eigenvalue weighted by atomic mass is 10.2. The number of carbonyl (C=O) groups is 2. The van der Waals surface area contributed by atoms with Crippen molar-refractivity contribution in [1.29, 1.82) is 0 Å². The number of aromatic carboxylic acids is 1. The van der Waals surface area contributed by atoms with Gasteiger partial charge < -0.3 is 15.5 Å². The molecule has 0 bridgehead atoms. The van der Waals surface area contributed by atoms with Gasteiger partial charge in [0.25, 0.3) is 5.91 Å². The van der Waals surface area contributed by atoms with E-state index in [1.54, 1.807) is 17.5 Å². The Balaban J connectivity index is 2.23. The van der Waals surface area contributed by atoms with Crippen LogP contribution in [0.4, 0.5) is 5.00 Å². The van der Waals surface area contributed by atoms with Crippen molar-refractivity contribution in [1.82, 2.24) is 0 Å². The minimum absolute atomic E-state index is 0.0119. The second-order valence-electron chi connectivity index (χ2n) is 3.59. The molecule has 3 N–H and O–H groups in total. The normalized spacial score (nSPS) is 10.2. The summed E-state index contributed by atoms with van der Waals surface area (Å²) in [6, 6.07) is 5.93. The minimum Gasteiger partial charge on any atom is -0.507 e. The van der Waals surface area contributed by atoms with E-state index in [1.807, 2.05) is 22.6 Å². The number of amides is 1. The number of benzene rings is 1. The molecule has 2 aromatic rings. The first-order chi connectivity index (χ1) is 8.99. The lowest BCUT2D eigenvalue weighted by molar-refractivity contribution is 0.0698. The highest BCUT2D eigenvalue weighted by Crippen LogP contribution is 2.25. The number of rotatable bonds is 3. The van der Waals surface area contributed by atoms with Gasteiger partial charge in [-0.1, -0.05) is 0 Å². The maximum absolute atomic E-state index is 11.9. The third kappa shape index (κ3) is 3.04. The van der Waals surface area contributed by atoms with E-state index in [0.717, 1.165) is 11.3 Å². The summed E-state index contributed by atoms with van der Waals surface area (Å²) in [5.74, 6) is -1.54. The first-order valence-electron chi connectivity index (χ1n) is 5.09. The molecule has 0 fully saturated rings. The summed E-state index contributed by atoms with van der Waals surface area (Å²) in [4.78, 5) is 22.9. The first-order valence-corrected chi connectivity index (χ1v) is 7.05. The van der Waals surface area contributed by atoms with Crippen LogP contribution >= 0.6 is 33.9 Å². The molecule has 0 atom stereocenters. The minimum atomic E-state index is -1.10. The number of hydrogen-bond donors (Lipinski definition) is 3. The lowest BCUT2D eigenvalue weighted by Crippen LogP contribution is -2.13. The molecule has 0 aliphatic rings. The number of phenolic OH excluding ortho intramolecular Hbond substituents is 1. The molecule has 0 saturated heterocycles. The molecule has 2 rings (SSSR count). The number of halogens is 1. The number of carbonyl (C=O) groups excluding carboxylic acids is 1. The maximum Gasteiger partial charge on any atom is 0.338 e. The van der Waals surface area contributed by atoms with Gasteiger partial charge in [0.15, 0.2) is 0 Å². The van der Waals surface area contributed by atoms with Crippen LogP contribution < -0.4 is 5.32 Å². The average molecular weight is 389 g/mol. The van der Waals surface area contributed by atoms with Gasteiger partial charge in [0, 0.05) is 5.56 Å². The predicted octanol–water partition coefficient (Wildman–Crippen LogP) is 3.01. The van der Waals surface area contributed by atoms with E-state index in [9.17, 15) is 14.7 Å². The number of thiophene rings is 1. The molecule has 5 nitrogen and oxygen atoms in total. The van der Waals surface area contributed by atoms with Crippen LogP contribution in [0, 0.1) is 3.57 Å². The van der Waals surface area contributed by atoms with Gasteiger partial charge in [0.1, 0.15) is 10.8 Å². The molecular weight excluding hydrogens is 381 g/mol. The van der Waals surface area contributed by atoms with Gasteiger partial charge in [-0.25, -0.2) is 4.79 Å². The molecule has 98 valence electrons. The molecule has 7 heteroatoms. The van der Waals surface area contributed by atoms with Crippen LogP contribution in [0.3, 0.4) is 0 Å². The van der Waals surface area contributed by atoms with Crippen LogP contribution in [-0.2, 0) is 0 Å². The van der Waals surface area contributed by atoms with Crippen LogP contribution in [0.1, 0.15) is 20.7 Å². The summed E-state index contributed by atoms with van der Waals surface area (Å²) in [5.41, 5.74) is 0.315. The number of anilines is 1. The van der Waals surface area contributed by atoms with Crippen LogP contribution in [0.5, 0.6) is 5.75 Å². The predicted molar refractivity (Wildman–Crippen MR) is 80.1 cm³/mol. The number of nitrogens with one attached hydrogen (secondary N) is 1. The molecule has 19 heavy (non-hydrogen) atoms. The molecule has 1 aromatic carbocycles. The van der Waals surface area contributed by atoms with E-state index in [1.165, 1.54) is 12.1 Å². The molecule has 0 aliphatic heterocycles. The fraction of sp³-hybridized carbons (Fsp3) is 0. The van der Waals surface area contributed by atoms with Crippen molar-refractivity contribution >= 4 is 50.8 Å². The molecule has 1 aromatic heterocycles. The summed E-state index contributed by atoms with van der Waals surface area (Å²) in [6.45, 7) is 0. The lowest BCUT2D eigenvalue weighted by Gasteiger charge is -2.05. The quantitative estimate of drug-likeness (QED) is 0.705. The van der Waals surface area contributed by atoms with E-state index < -0.39 is 11.9 Å². The van der Waals surface area contributed by atoms with Gasteiger partial charge in [-0.05, 0) is 52.2 Å². The van der Waals surface area contributed by atoms with Crippen LogP contribution in [0.25, 0.3) is 0 Å². The fourth-order valence-corrected chi connectivity index (χ4v) is 2.51. The average Bonchev–Trinajstić information content (AvgIpc) is 2.80. The van der Waals surface area contributed by atoms with E-state index in [0.29, 0.717) is 3.57 Å². The standard InChI is InChI=1S/C12H8INO4S/c13-8-2-1-6(5-9(8)15)10(16)14-11-7(12(17)18)3-4-19-11/h1-5,15H,(H,14,16)(H,17,18). The second-order valence-corrected chi connectivity index (χ2v) is 5.67. The SMILES string of the molecule is O=C(Nc1sccc1C(=O)O)c1ccc(I)c(O)c1. The molecule has 1 amide bonds. The van der Waals surface area contributed by atoms with E-state index in [-0.39, 0.29) is 21.9 Å². The van der Waals surface area contributed by atoms with E-state index in [2.05, 4.69) is 5.32 Å². The Morgan fingerprint density at radius 3 is 2.63 bits per heavy atom. The number of aromatic hydroxyl groups is 1. The van der Waals surface area contributed by atoms with E-state index >= 15 is 0 Å². The summed E-state index contributed by atoms with van der Waals surface area (Å²) < 4.78 is 0.636. The molecule has 0 saturated carbocycles. The van der Waals surface area contributed by atoms with Gasteiger partial charge >= 0.3 is 5.97 Å². The maximum atomic E-state index is 11.9. The van der Waals surface area contributed by atoms with Crippen molar-refractivity contribution in [3.8, 4) is 5.75 Å². The second kappa shape index (κ2) is 5.57. The number of hydrogen-bond acceptors (Lipinski definition) is 4. The van der Waals surface area contributed by atoms with Gasteiger partial charge in [-0.15, -0.1) is 11.3 Å². The van der Waals surface area contributed by atoms with Crippen molar-refractivity contribution in [2.45, 2.75) is 0 Å². The Hall–Kier alpha value is -1.61. The van der Waals surface area contributed by atoms with Crippen molar-refractivity contribution in [2.24, 2.45) is 0 Å². The van der Waals surface area contributed by atoms with Gasteiger partial charge in [-0.2, -0.15) is 0 Å². The zero-order valence-corrected chi connectivity index (χ0v) is 12.4. The van der Waals surface area contributed by atoms with Crippen molar-refractivity contribution < 1.29 is 19.8 Å². The number of phenols is 1. The Bertz CT molecular complexity index is 653. The van der Waals surface area contributed by atoms with Crippen molar-refractivity contribution in [3.05, 3.63) is 44.3 Å². The molecular formula is C12H8INO4S. The third-order valence-corrected chi connectivity index (χ3v) is 4.07. The summed E-state index contributed by atoms with van der Waals surface area (Å²) >= 11 is 3.08. The van der Waals surface area contributed by atoms with Crippen LogP contribution in [0.15, 0.2) is 29.6 Å². The van der Waals surface area contributed by atoms with Crippen LogP contribution in [-0.4, -0.2) is 22.1 Å². The molecule has 0 spiro atoms. The first kappa shape index (κ1) is 13.8. The van der Waals surface area contributed by atoms with Crippen molar-refractivity contribution in [2.75, 3.05) is 5.32 Å². The van der Waals surface area contributed by atoms with Gasteiger partial charge in [0.2, 0.25) is 0 Å². The smallest absolute Gasteiger partial charge is 0.338 e. The number of carboxylic acid groups (broad SMARTS) is 1. The summed E-state index contributed by atoms with van der Waals surface area (Å²) in [7, 11) is 0. The highest BCUT2D eigenvalue weighted by Gasteiger charge is 2.15. The highest BCUT2D eigenvalue weighted by atomic mass is 127. The molecule has 0 aliphatic carbocycles. The molecule has 0 unspecified atom stereocenters. The zero-order chi connectivity index (χ0) is 14.0. The highest BCUT2D eigenvalue weighted by molar-refractivity contribution is 14.1. The van der Waals surface area contributed by atoms with Gasteiger partial charge in [-0.3, -0.25) is 4.79 Å². The Morgan fingerprint density at radius 1 is 1.26 bits per heavy atom. The fourth-order valence-electron chi connectivity index (χ4n) is 1.40. The zero-order valence-electron chi connectivity index (χ0n) is 9.38. The Morgan fingerprint density at radius 2 is 2.00 bits per heavy atom. The third-order valence-electron chi connectivity index (χ3n) is 2.33. The van der Waals surface area contributed by atoms with Crippen LogP contribution in [0.2, 0.25) is 0 Å². The Labute approximate surface area is 126 Å². The van der Waals surface area contributed by atoms with E-state index in [4.69, 9.17) is 5.11 Å². The monoisotopic (exact) mass is 389 g/mol. The summed E-state index contributed by atoms with van der Waals surface area (Å²) in [5, 5.41) is 22.9.